The molecule has 0 aromatic rings. The smallest absolute Gasteiger partial charge is 0.242 e. The Morgan fingerprint density at radius 1 is 1.21 bits per heavy atom. The number of nitrogens with zero attached hydrogens (tertiary/aromatic N) is 2. The maximum Gasteiger partial charge on any atom is 0.242 e. The number of carbonyl (C=O) groups excluding carboxylic acids is 1. The average molecular weight is 267 g/mol. The number of rotatable bonds is 3. The Bertz CT molecular complexity index is 303. The van der Waals surface area contributed by atoms with E-state index < -0.39 is 5.54 Å². The minimum absolute atomic E-state index is 0.218. The van der Waals surface area contributed by atoms with Crippen LogP contribution >= 0.6 is 0 Å². The SMILES string of the molecule is CN(C)CC1CCN(C(=O)C2(N)CCCCC2)CC1. The van der Waals surface area contributed by atoms with E-state index in [1.165, 1.54) is 6.42 Å². The van der Waals surface area contributed by atoms with Crippen LogP contribution in [0.4, 0.5) is 0 Å². The predicted molar refractivity (Wildman–Crippen MR) is 77.9 cm³/mol. The lowest BCUT2D eigenvalue weighted by molar-refractivity contribution is -0.139. The van der Waals surface area contributed by atoms with Gasteiger partial charge in [-0.05, 0) is 45.7 Å². The summed E-state index contributed by atoms with van der Waals surface area (Å²) in [4.78, 5) is 16.9. The Morgan fingerprint density at radius 2 is 1.79 bits per heavy atom. The Balaban J connectivity index is 1.85. The molecule has 0 aromatic carbocycles. The van der Waals surface area contributed by atoms with E-state index in [1.54, 1.807) is 0 Å². The summed E-state index contributed by atoms with van der Waals surface area (Å²) >= 11 is 0. The number of likely N-dealkylation sites (tertiary alicyclic amines) is 1. The van der Waals surface area contributed by atoms with Crippen molar-refractivity contribution in [2.45, 2.75) is 50.5 Å². The molecule has 0 radical (unpaired) electrons. The quantitative estimate of drug-likeness (QED) is 0.842. The Morgan fingerprint density at radius 3 is 2.32 bits per heavy atom. The fraction of sp³-hybridized carbons (Fsp3) is 0.933. The molecule has 1 amide bonds. The van der Waals surface area contributed by atoms with Crippen LogP contribution in [0.1, 0.15) is 44.9 Å². The summed E-state index contributed by atoms with van der Waals surface area (Å²) in [6.45, 7) is 2.93. The fourth-order valence-electron chi connectivity index (χ4n) is 3.55. The molecule has 0 atom stereocenters. The van der Waals surface area contributed by atoms with Crippen molar-refractivity contribution in [1.82, 2.24) is 9.80 Å². The van der Waals surface area contributed by atoms with Crippen molar-refractivity contribution in [3.63, 3.8) is 0 Å². The first-order valence-corrected chi connectivity index (χ1v) is 7.74. The van der Waals surface area contributed by atoms with Crippen LogP contribution < -0.4 is 5.73 Å². The molecule has 1 aliphatic heterocycles. The van der Waals surface area contributed by atoms with Gasteiger partial charge >= 0.3 is 0 Å². The highest BCUT2D eigenvalue weighted by molar-refractivity contribution is 5.86. The molecule has 110 valence electrons. The van der Waals surface area contributed by atoms with Gasteiger partial charge in [0.1, 0.15) is 0 Å². The standard InChI is InChI=1S/C15H29N3O/c1-17(2)12-13-6-10-18(11-7-13)14(19)15(16)8-4-3-5-9-15/h13H,3-12,16H2,1-2H3. The highest BCUT2D eigenvalue weighted by atomic mass is 16.2. The van der Waals surface area contributed by atoms with Crippen molar-refractivity contribution in [2.75, 3.05) is 33.7 Å². The van der Waals surface area contributed by atoms with Crippen LogP contribution in [0, 0.1) is 5.92 Å². The molecular weight excluding hydrogens is 238 g/mol. The maximum absolute atomic E-state index is 12.6. The molecule has 1 aliphatic carbocycles. The first-order chi connectivity index (χ1) is 9.01. The zero-order valence-corrected chi connectivity index (χ0v) is 12.5. The summed E-state index contributed by atoms with van der Waals surface area (Å²) in [5.74, 6) is 0.953. The first kappa shape index (κ1) is 14.8. The van der Waals surface area contributed by atoms with E-state index >= 15 is 0 Å². The molecule has 1 saturated heterocycles. The largest absolute Gasteiger partial charge is 0.341 e. The van der Waals surface area contributed by atoms with E-state index in [4.69, 9.17) is 5.73 Å². The van der Waals surface area contributed by atoms with E-state index in [0.29, 0.717) is 0 Å². The second-order valence-electron chi connectivity index (χ2n) is 6.71. The second-order valence-corrected chi connectivity index (χ2v) is 6.71. The van der Waals surface area contributed by atoms with Crippen LogP contribution in [-0.4, -0.2) is 55.0 Å². The maximum atomic E-state index is 12.6. The third-order valence-corrected chi connectivity index (χ3v) is 4.70. The summed E-state index contributed by atoms with van der Waals surface area (Å²) < 4.78 is 0. The second kappa shape index (κ2) is 6.23. The fourth-order valence-corrected chi connectivity index (χ4v) is 3.55. The normalized spacial score (nSPS) is 24.7. The lowest BCUT2D eigenvalue weighted by atomic mass is 9.81. The van der Waals surface area contributed by atoms with Crippen LogP contribution in [0.3, 0.4) is 0 Å². The molecule has 4 nitrogen and oxygen atoms in total. The summed E-state index contributed by atoms with van der Waals surface area (Å²) in [5, 5.41) is 0. The van der Waals surface area contributed by atoms with E-state index in [9.17, 15) is 4.79 Å². The number of amides is 1. The van der Waals surface area contributed by atoms with Gasteiger partial charge in [-0.15, -0.1) is 0 Å². The molecule has 2 fully saturated rings. The highest BCUT2D eigenvalue weighted by Crippen LogP contribution is 2.29. The van der Waals surface area contributed by atoms with Crippen molar-refractivity contribution in [1.29, 1.82) is 0 Å². The van der Waals surface area contributed by atoms with Crippen molar-refractivity contribution in [2.24, 2.45) is 11.7 Å². The van der Waals surface area contributed by atoms with Gasteiger partial charge in [-0.25, -0.2) is 0 Å². The van der Waals surface area contributed by atoms with Crippen molar-refractivity contribution >= 4 is 5.91 Å². The molecule has 0 bridgehead atoms. The van der Waals surface area contributed by atoms with Crippen LogP contribution in [0.15, 0.2) is 0 Å². The molecular formula is C15H29N3O. The molecule has 19 heavy (non-hydrogen) atoms. The summed E-state index contributed by atoms with van der Waals surface area (Å²) in [5.41, 5.74) is 5.80. The Kier molecular flexibility index (Phi) is 4.85. The van der Waals surface area contributed by atoms with Crippen LogP contribution in [0.25, 0.3) is 0 Å². The van der Waals surface area contributed by atoms with Crippen molar-refractivity contribution in [3.05, 3.63) is 0 Å². The monoisotopic (exact) mass is 267 g/mol. The minimum Gasteiger partial charge on any atom is -0.341 e. The van der Waals surface area contributed by atoms with E-state index in [1.807, 2.05) is 4.90 Å². The summed E-state index contributed by atoms with van der Waals surface area (Å²) in [6.07, 6.45) is 7.46. The number of piperidine rings is 1. The van der Waals surface area contributed by atoms with Gasteiger partial charge in [0, 0.05) is 19.6 Å². The number of hydrogen-bond donors (Lipinski definition) is 1. The van der Waals surface area contributed by atoms with Gasteiger partial charge in [-0.1, -0.05) is 19.3 Å². The van der Waals surface area contributed by atoms with E-state index in [2.05, 4.69) is 19.0 Å². The number of hydrogen-bond acceptors (Lipinski definition) is 3. The zero-order chi connectivity index (χ0) is 13.9. The molecule has 1 saturated carbocycles. The summed E-state index contributed by atoms with van der Waals surface area (Å²) in [6, 6.07) is 0. The van der Waals surface area contributed by atoms with Gasteiger partial charge in [-0.3, -0.25) is 4.79 Å². The molecule has 2 rings (SSSR count). The third-order valence-electron chi connectivity index (χ3n) is 4.70. The number of carbonyl (C=O) groups is 1. The van der Waals surface area contributed by atoms with Crippen molar-refractivity contribution < 1.29 is 4.79 Å². The van der Waals surface area contributed by atoms with Gasteiger partial charge in [0.05, 0.1) is 5.54 Å². The van der Waals surface area contributed by atoms with Gasteiger partial charge in [0.25, 0.3) is 0 Å². The van der Waals surface area contributed by atoms with Gasteiger partial charge in [0.15, 0.2) is 0 Å². The minimum atomic E-state index is -0.549. The molecule has 2 N–H and O–H groups in total. The van der Waals surface area contributed by atoms with Crippen LogP contribution in [0.5, 0.6) is 0 Å². The molecule has 4 heteroatoms. The topological polar surface area (TPSA) is 49.6 Å². The number of nitrogens with two attached hydrogens (primary N) is 1. The predicted octanol–water partition coefficient (Wildman–Crippen LogP) is 1.45. The average Bonchev–Trinajstić information content (AvgIpc) is 2.39. The van der Waals surface area contributed by atoms with Crippen LogP contribution in [-0.2, 0) is 4.79 Å². The Hall–Kier alpha value is -0.610. The molecule has 0 spiro atoms. The zero-order valence-electron chi connectivity index (χ0n) is 12.5. The lowest BCUT2D eigenvalue weighted by Crippen LogP contribution is -2.57. The first-order valence-electron chi connectivity index (χ1n) is 7.74. The molecule has 0 unspecified atom stereocenters. The van der Waals surface area contributed by atoms with E-state index in [-0.39, 0.29) is 5.91 Å². The summed E-state index contributed by atoms with van der Waals surface area (Å²) in [7, 11) is 4.24. The van der Waals surface area contributed by atoms with Crippen molar-refractivity contribution in [3.8, 4) is 0 Å². The third kappa shape index (κ3) is 3.69. The molecule has 1 heterocycles. The Labute approximate surface area is 117 Å². The van der Waals surface area contributed by atoms with Crippen LogP contribution in [0.2, 0.25) is 0 Å². The molecule has 2 aliphatic rings. The van der Waals surface area contributed by atoms with Gasteiger partial charge in [-0.2, -0.15) is 0 Å². The van der Waals surface area contributed by atoms with Gasteiger partial charge < -0.3 is 15.5 Å². The van der Waals surface area contributed by atoms with E-state index in [0.717, 1.165) is 64.1 Å². The highest BCUT2D eigenvalue weighted by Gasteiger charge is 2.39. The van der Waals surface area contributed by atoms with Gasteiger partial charge in [0.2, 0.25) is 5.91 Å². The molecule has 0 aromatic heterocycles. The lowest BCUT2D eigenvalue weighted by Gasteiger charge is -2.40.